The molecule has 0 radical (unpaired) electrons. The molecule has 1 aromatic carbocycles. The van der Waals surface area contributed by atoms with Crippen LogP contribution in [0.25, 0.3) is 5.69 Å². The average molecular weight is 291 g/mol. The summed E-state index contributed by atoms with van der Waals surface area (Å²) in [6.07, 6.45) is 2.24. The molecule has 0 fully saturated rings. The highest BCUT2D eigenvalue weighted by Crippen LogP contribution is 2.12. The van der Waals surface area contributed by atoms with Crippen molar-refractivity contribution in [1.82, 2.24) is 14.9 Å². The van der Waals surface area contributed by atoms with Gasteiger partial charge in [0.25, 0.3) is 5.91 Å². The van der Waals surface area contributed by atoms with Crippen molar-refractivity contribution in [1.29, 1.82) is 0 Å². The van der Waals surface area contributed by atoms with Crippen LogP contribution in [0.2, 0.25) is 0 Å². The predicted molar refractivity (Wildman–Crippen MR) is 79.6 cm³/mol. The lowest BCUT2D eigenvalue weighted by atomic mass is 10.2. The molecule has 106 valence electrons. The number of hydrogen-bond acceptors (Lipinski definition) is 3. The Hall–Kier alpha value is -1.92. The van der Waals surface area contributed by atoms with E-state index in [9.17, 15) is 4.79 Å². The Morgan fingerprint density at radius 1 is 1.45 bits per heavy atom. The summed E-state index contributed by atoms with van der Waals surface area (Å²) < 4.78 is 2.13. The molecule has 0 spiro atoms. The van der Waals surface area contributed by atoms with Crippen LogP contribution in [0.15, 0.2) is 36.5 Å². The Kier molecular flexibility index (Phi) is 4.70. The summed E-state index contributed by atoms with van der Waals surface area (Å²) in [7, 11) is 0. The highest BCUT2D eigenvalue weighted by Gasteiger charge is 2.16. The van der Waals surface area contributed by atoms with Gasteiger partial charge in [-0.3, -0.25) is 9.36 Å². The molecular formula is C14H17N3O2S. The smallest absolute Gasteiger partial charge is 0.270 e. The first-order valence-electron chi connectivity index (χ1n) is 6.45. The van der Waals surface area contributed by atoms with Crippen molar-refractivity contribution in [3.63, 3.8) is 0 Å². The molecule has 1 amide bonds. The molecule has 20 heavy (non-hydrogen) atoms. The molecule has 2 rings (SSSR count). The van der Waals surface area contributed by atoms with E-state index < -0.39 is 0 Å². The monoisotopic (exact) mass is 291 g/mol. The number of nitrogens with zero attached hydrogens (tertiary/aromatic N) is 1. The van der Waals surface area contributed by atoms with E-state index >= 15 is 0 Å². The Morgan fingerprint density at radius 2 is 2.15 bits per heavy atom. The van der Waals surface area contributed by atoms with Gasteiger partial charge in [0.2, 0.25) is 0 Å². The lowest BCUT2D eigenvalue weighted by molar-refractivity contribution is 0.0908. The standard InChI is InChI=1S/C14H17N3O2S/c1-2-10(9-18)16-13(19)12-8-15-14(20)17(12)11-6-4-3-5-7-11/h3-8,10,18H,2,9H2,1H3,(H,15,20)(H,16,19). The molecule has 0 saturated heterocycles. The third-order valence-electron chi connectivity index (χ3n) is 3.07. The number of nitrogens with one attached hydrogen (secondary N) is 2. The Labute approximate surface area is 122 Å². The van der Waals surface area contributed by atoms with E-state index in [-0.39, 0.29) is 18.6 Å². The quantitative estimate of drug-likeness (QED) is 0.738. The van der Waals surface area contributed by atoms with Crippen molar-refractivity contribution in [3.05, 3.63) is 47.0 Å². The first kappa shape index (κ1) is 14.5. The number of H-pyrrole nitrogens is 1. The van der Waals surface area contributed by atoms with Gasteiger partial charge < -0.3 is 15.4 Å². The second-order valence-electron chi connectivity index (χ2n) is 4.41. The molecule has 0 saturated carbocycles. The van der Waals surface area contributed by atoms with E-state index in [0.29, 0.717) is 16.9 Å². The van der Waals surface area contributed by atoms with Gasteiger partial charge in [-0.05, 0) is 30.8 Å². The van der Waals surface area contributed by atoms with Crippen LogP contribution in [0, 0.1) is 4.77 Å². The highest BCUT2D eigenvalue weighted by atomic mass is 32.1. The fourth-order valence-electron chi connectivity index (χ4n) is 1.91. The Bertz CT molecular complexity index is 629. The van der Waals surface area contributed by atoms with Gasteiger partial charge in [0.15, 0.2) is 4.77 Å². The molecule has 5 nitrogen and oxygen atoms in total. The predicted octanol–water partition coefficient (Wildman–Crippen LogP) is 2.04. The fraction of sp³-hybridized carbons (Fsp3) is 0.286. The van der Waals surface area contributed by atoms with Gasteiger partial charge in [-0.1, -0.05) is 25.1 Å². The first-order valence-corrected chi connectivity index (χ1v) is 6.85. The molecule has 1 atom stereocenters. The first-order chi connectivity index (χ1) is 9.67. The molecule has 3 N–H and O–H groups in total. The van der Waals surface area contributed by atoms with Crippen molar-refractivity contribution in [2.24, 2.45) is 0 Å². The van der Waals surface area contributed by atoms with E-state index in [1.807, 2.05) is 37.3 Å². The largest absolute Gasteiger partial charge is 0.394 e. The maximum atomic E-state index is 12.3. The summed E-state index contributed by atoms with van der Waals surface area (Å²) in [4.78, 5) is 15.2. The lowest BCUT2D eigenvalue weighted by Gasteiger charge is -2.15. The van der Waals surface area contributed by atoms with Gasteiger partial charge in [-0.25, -0.2) is 0 Å². The van der Waals surface area contributed by atoms with Crippen molar-refractivity contribution < 1.29 is 9.90 Å². The minimum Gasteiger partial charge on any atom is -0.394 e. The van der Waals surface area contributed by atoms with Crippen LogP contribution in [-0.2, 0) is 0 Å². The molecule has 0 aliphatic rings. The van der Waals surface area contributed by atoms with Crippen LogP contribution in [0.1, 0.15) is 23.8 Å². The van der Waals surface area contributed by atoms with E-state index in [1.165, 1.54) is 0 Å². The third kappa shape index (κ3) is 2.97. The fourth-order valence-corrected chi connectivity index (χ4v) is 2.17. The van der Waals surface area contributed by atoms with Crippen LogP contribution in [0.5, 0.6) is 0 Å². The molecule has 2 aromatic rings. The number of hydrogen-bond donors (Lipinski definition) is 3. The third-order valence-corrected chi connectivity index (χ3v) is 3.37. The van der Waals surface area contributed by atoms with Crippen LogP contribution in [-0.4, -0.2) is 33.2 Å². The lowest BCUT2D eigenvalue weighted by Crippen LogP contribution is -2.37. The minimum absolute atomic E-state index is 0.0846. The summed E-state index contributed by atoms with van der Waals surface area (Å²) in [5, 5.41) is 11.9. The van der Waals surface area contributed by atoms with Crippen molar-refractivity contribution in [2.45, 2.75) is 19.4 Å². The van der Waals surface area contributed by atoms with Gasteiger partial charge in [0, 0.05) is 11.9 Å². The molecule has 1 unspecified atom stereocenters. The zero-order chi connectivity index (χ0) is 14.5. The van der Waals surface area contributed by atoms with E-state index in [4.69, 9.17) is 17.3 Å². The number of para-hydroxylation sites is 1. The molecule has 6 heteroatoms. The molecular weight excluding hydrogens is 274 g/mol. The Balaban J connectivity index is 2.35. The van der Waals surface area contributed by atoms with E-state index in [1.54, 1.807) is 10.8 Å². The number of aliphatic hydroxyl groups is 1. The zero-order valence-corrected chi connectivity index (χ0v) is 12.0. The van der Waals surface area contributed by atoms with Crippen LogP contribution >= 0.6 is 12.2 Å². The summed E-state index contributed by atoms with van der Waals surface area (Å²) >= 11 is 5.22. The molecule has 1 aromatic heterocycles. The number of aromatic nitrogens is 2. The van der Waals surface area contributed by atoms with E-state index in [2.05, 4.69) is 10.3 Å². The number of rotatable bonds is 5. The summed E-state index contributed by atoms with van der Waals surface area (Å²) in [6, 6.07) is 9.17. The van der Waals surface area contributed by atoms with Crippen LogP contribution < -0.4 is 5.32 Å². The number of aromatic amines is 1. The maximum Gasteiger partial charge on any atom is 0.270 e. The van der Waals surface area contributed by atoms with Crippen molar-refractivity contribution in [3.8, 4) is 5.69 Å². The maximum absolute atomic E-state index is 12.3. The minimum atomic E-state index is -0.262. The van der Waals surface area contributed by atoms with Crippen LogP contribution in [0.3, 0.4) is 0 Å². The van der Waals surface area contributed by atoms with Gasteiger partial charge >= 0.3 is 0 Å². The normalized spacial score (nSPS) is 12.1. The second kappa shape index (κ2) is 6.49. The molecule has 1 heterocycles. The summed E-state index contributed by atoms with van der Waals surface area (Å²) in [6.45, 7) is 1.82. The van der Waals surface area contributed by atoms with Crippen molar-refractivity contribution >= 4 is 18.1 Å². The zero-order valence-electron chi connectivity index (χ0n) is 11.2. The average Bonchev–Trinajstić information content (AvgIpc) is 2.87. The molecule has 0 aliphatic carbocycles. The number of aliphatic hydroxyl groups excluding tert-OH is 1. The van der Waals surface area contributed by atoms with Gasteiger partial charge in [-0.2, -0.15) is 0 Å². The summed E-state index contributed by atoms with van der Waals surface area (Å²) in [5.41, 5.74) is 1.24. The Morgan fingerprint density at radius 3 is 2.75 bits per heavy atom. The SMILES string of the molecule is CCC(CO)NC(=O)c1c[nH]c(=S)n1-c1ccccc1. The van der Waals surface area contributed by atoms with Gasteiger partial charge in [0.05, 0.1) is 12.6 Å². The number of carbonyl (C=O) groups is 1. The number of benzene rings is 1. The summed E-state index contributed by atoms with van der Waals surface area (Å²) in [5.74, 6) is -0.262. The topological polar surface area (TPSA) is 70.1 Å². The highest BCUT2D eigenvalue weighted by molar-refractivity contribution is 7.71. The van der Waals surface area contributed by atoms with Crippen LogP contribution in [0.4, 0.5) is 0 Å². The second-order valence-corrected chi connectivity index (χ2v) is 4.80. The molecule has 0 aliphatic heterocycles. The van der Waals surface area contributed by atoms with Gasteiger partial charge in [0.1, 0.15) is 5.69 Å². The number of amides is 1. The van der Waals surface area contributed by atoms with E-state index in [0.717, 1.165) is 5.69 Å². The number of imidazole rings is 1. The number of carbonyl (C=O) groups excluding carboxylic acids is 1. The van der Waals surface area contributed by atoms with Crippen molar-refractivity contribution in [2.75, 3.05) is 6.61 Å². The van der Waals surface area contributed by atoms with Gasteiger partial charge in [-0.15, -0.1) is 0 Å². The molecule has 0 bridgehead atoms.